The first-order chi connectivity index (χ1) is 9.13. The molecule has 0 spiro atoms. The molecule has 0 aliphatic carbocycles. The Morgan fingerprint density at radius 3 is 2.32 bits per heavy atom. The molecule has 0 saturated carbocycles. The number of hydrogen-bond acceptors (Lipinski definition) is 5. The van der Waals surface area contributed by atoms with E-state index in [1.54, 1.807) is 12.4 Å². The minimum Gasteiger partial charge on any atom is -0.347 e. The van der Waals surface area contributed by atoms with Crippen molar-refractivity contribution in [3.8, 4) is 0 Å². The molecule has 1 N–H and O–H groups in total. The van der Waals surface area contributed by atoms with E-state index in [2.05, 4.69) is 15.3 Å². The largest absolute Gasteiger partial charge is 0.347 e. The summed E-state index contributed by atoms with van der Waals surface area (Å²) in [6.07, 6.45) is 7.67. The normalized spacial score (nSPS) is 29.3. The third kappa shape index (κ3) is 2.47. The van der Waals surface area contributed by atoms with Crippen molar-refractivity contribution in [3.05, 3.63) is 18.0 Å². The Bertz CT molecular complexity index is 459. The highest BCUT2D eigenvalue weighted by Gasteiger charge is 2.36. The van der Waals surface area contributed by atoms with Crippen LogP contribution in [0.4, 0.5) is 5.95 Å². The van der Waals surface area contributed by atoms with Gasteiger partial charge in [-0.3, -0.25) is 4.79 Å². The van der Waals surface area contributed by atoms with Crippen LogP contribution in [0.2, 0.25) is 0 Å². The summed E-state index contributed by atoms with van der Waals surface area (Å²) < 4.78 is 0. The summed E-state index contributed by atoms with van der Waals surface area (Å²) in [4.78, 5) is 22.8. The second-order valence-corrected chi connectivity index (χ2v) is 5.84. The Morgan fingerprint density at radius 2 is 1.79 bits per heavy atom. The summed E-state index contributed by atoms with van der Waals surface area (Å²) in [5.74, 6) is 0.998. The molecule has 2 unspecified atom stereocenters. The third-order valence-electron chi connectivity index (χ3n) is 4.17. The van der Waals surface area contributed by atoms with Gasteiger partial charge in [-0.25, -0.2) is 9.97 Å². The van der Waals surface area contributed by atoms with Crippen LogP contribution in [0.15, 0.2) is 12.4 Å². The zero-order chi connectivity index (χ0) is 13.4. The Hall–Kier alpha value is -1.49. The Labute approximate surface area is 113 Å². The van der Waals surface area contributed by atoms with Crippen molar-refractivity contribution in [3.63, 3.8) is 0 Å². The van der Waals surface area contributed by atoms with Gasteiger partial charge < -0.3 is 10.2 Å². The summed E-state index contributed by atoms with van der Waals surface area (Å²) in [5.41, 5.74) is 0.650. The van der Waals surface area contributed by atoms with Crippen molar-refractivity contribution < 1.29 is 4.79 Å². The van der Waals surface area contributed by atoms with Gasteiger partial charge in [0.15, 0.2) is 5.78 Å². The Morgan fingerprint density at radius 1 is 1.21 bits per heavy atom. The molecule has 19 heavy (non-hydrogen) atoms. The molecule has 0 radical (unpaired) electrons. The van der Waals surface area contributed by atoms with E-state index >= 15 is 0 Å². The van der Waals surface area contributed by atoms with Gasteiger partial charge in [0, 0.05) is 44.5 Å². The van der Waals surface area contributed by atoms with Gasteiger partial charge >= 0.3 is 0 Å². The van der Waals surface area contributed by atoms with Gasteiger partial charge in [-0.05, 0) is 25.7 Å². The van der Waals surface area contributed by atoms with E-state index in [0.29, 0.717) is 23.6 Å². The fourth-order valence-electron chi connectivity index (χ4n) is 3.19. The topological polar surface area (TPSA) is 58.1 Å². The summed E-state index contributed by atoms with van der Waals surface area (Å²) >= 11 is 0. The number of piperidine rings is 1. The number of nitrogens with one attached hydrogen (secondary N) is 1. The Balaban J connectivity index is 1.73. The molecule has 5 nitrogen and oxygen atoms in total. The van der Waals surface area contributed by atoms with Gasteiger partial charge in [-0.15, -0.1) is 0 Å². The number of aromatic nitrogens is 2. The summed E-state index contributed by atoms with van der Waals surface area (Å²) in [7, 11) is 3.78. The molecular formula is C14H20N4O. The molecule has 2 saturated heterocycles. The average Bonchev–Trinajstić information content (AvgIpc) is 2.76. The lowest BCUT2D eigenvalue weighted by atomic mass is 9.87. The minimum absolute atomic E-state index is 0.146. The zero-order valence-corrected chi connectivity index (χ0v) is 11.5. The highest BCUT2D eigenvalue weighted by Crippen LogP contribution is 2.32. The van der Waals surface area contributed by atoms with Crippen LogP contribution in [0.5, 0.6) is 0 Å². The number of hydrogen-bond donors (Lipinski definition) is 1. The van der Waals surface area contributed by atoms with Crippen molar-refractivity contribution in [1.82, 2.24) is 15.3 Å². The van der Waals surface area contributed by atoms with Gasteiger partial charge in [0.25, 0.3) is 0 Å². The standard InChI is InChI=1S/C14H20N4O/c1-18(2)14-15-7-10(8-16-14)13(19)9-5-11-3-4-12(6-9)17-11/h7-9,11-12,17H,3-6H2,1-2H3. The van der Waals surface area contributed by atoms with Crippen molar-refractivity contribution >= 4 is 11.7 Å². The molecule has 1 aromatic rings. The van der Waals surface area contributed by atoms with Crippen molar-refractivity contribution in [2.24, 2.45) is 5.92 Å². The van der Waals surface area contributed by atoms with Crippen LogP contribution in [0.1, 0.15) is 36.0 Å². The molecule has 2 bridgehead atoms. The first-order valence-corrected chi connectivity index (χ1v) is 6.93. The van der Waals surface area contributed by atoms with Crippen LogP contribution in [0.25, 0.3) is 0 Å². The molecule has 5 heteroatoms. The number of Topliss-reactive ketones (excluding diaryl/α,β-unsaturated/α-hetero) is 1. The molecule has 0 aromatic carbocycles. The molecule has 3 heterocycles. The second-order valence-electron chi connectivity index (χ2n) is 5.84. The van der Waals surface area contributed by atoms with E-state index in [4.69, 9.17) is 0 Å². The van der Waals surface area contributed by atoms with Crippen LogP contribution in [-0.2, 0) is 0 Å². The lowest BCUT2D eigenvalue weighted by Gasteiger charge is -2.28. The lowest BCUT2D eigenvalue weighted by Crippen LogP contribution is -2.40. The molecule has 2 aliphatic rings. The fourth-order valence-corrected chi connectivity index (χ4v) is 3.19. The monoisotopic (exact) mass is 260 g/mol. The SMILES string of the molecule is CN(C)c1ncc(C(=O)C2CC3CCC(C2)N3)cn1. The number of anilines is 1. The molecular weight excluding hydrogens is 240 g/mol. The predicted molar refractivity (Wildman–Crippen MR) is 73.4 cm³/mol. The van der Waals surface area contributed by atoms with Crippen molar-refractivity contribution in [1.29, 1.82) is 0 Å². The first-order valence-electron chi connectivity index (χ1n) is 6.93. The Kier molecular flexibility index (Phi) is 3.22. The minimum atomic E-state index is 0.146. The smallest absolute Gasteiger partial charge is 0.224 e. The van der Waals surface area contributed by atoms with Gasteiger partial charge in [-0.1, -0.05) is 0 Å². The number of fused-ring (bicyclic) bond motifs is 2. The number of rotatable bonds is 3. The second kappa shape index (κ2) is 4.89. The molecule has 0 amide bonds. The van der Waals surface area contributed by atoms with E-state index in [1.165, 1.54) is 12.8 Å². The van der Waals surface area contributed by atoms with Gasteiger partial charge in [0.05, 0.1) is 5.56 Å². The molecule has 102 valence electrons. The van der Waals surface area contributed by atoms with Crippen LogP contribution < -0.4 is 10.2 Å². The van der Waals surface area contributed by atoms with E-state index in [9.17, 15) is 4.79 Å². The zero-order valence-electron chi connectivity index (χ0n) is 11.5. The van der Waals surface area contributed by atoms with E-state index in [-0.39, 0.29) is 11.7 Å². The van der Waals surface area contributed by atoms with E-state index in [0.717, 1.165) is 12.8 Å². The quantitative estimate of drug-likeness (QED) is 0.829. The van der Waals surface area contributed by atoms with E-state index < -0.39 is 0 Å². The van der Waals surface area contributed by atoms with Crippen LogP contribution in [0, 0.1) is 5.92 Å². The van der Waals surface area contributed by atoms with Crippen LogP contribution in [0.3, 0.4) is 0 Å². The summed E-state index contributed by atoms with van der Waals surface area (Å²) in [5, 5.41) is 3.56. The van der Waals surface area contributed by atoms with Crippen LogP contribution >= 0.6 is 0 Å². The number of nitrogens with zero attached hydrogens (tertiary/aromatic N) is 3. The molecule has 3 rings (SSSR count). The number of carbonyl (C=O) groups excluding carboxylic acids is 1. The van der Waals surface area contributed by atoms with Gasteiger partial charge in [0.1, 0.15) is 0 Å². The summed E-state index contributed by atoms with van der Waals surface area (Å²) in [6, 6.07) is 1.07. The maximum atomic E-state index is 12.5. The van der Waals surface area contributed by atoms with Crippen molar-refractivity contribution in [2.45, 2.75) is 37.8 Å². The van der Waals surface area contributed by atoms with Crippen LogP contribution in [-0.4, -0.2) is 41.9 Å². The number of carbonyl (C=O) groups is 1. The summed E-state index contributed by atoms with van der Waals surface area (Å²) in [6.45, 7) is 0. The molecule has 2 aliphatic heterocycles. The number of ketones is 1. The predicted octanol–water partition coefficient (Wildman–Crippen LogP) is 1.26. The van der Waals surface area contributed by atoms with E-state index in [1.807, 2.05) is 19.0 Å². The molecule has 2 atom stereocenters. The van der Waals surface area contributed by atoms with Gasteiger partial charge in [-0.2, -0.15) is 0 Å². The lowest BCUT2D eigenvalue weighted by molar-refractivity contribution is 0.0875. The third-order valence-corrected chi connectivity index (χ3v) is 4.17. The maximum Gasteiger partial charge on any atom is 0.224 e. The highest BCUT2D eigenvalue weighted by atomic mass is 16.1. The van der Waals surface area contributed by atoms with Gasteiger partial charge in [0.2, 0.25) is 5.95 Å². The maximum absolute atomic E-state index is 12.5. The highest BCUT2D eigenvalue weighted by molar-refractivity contribution is 5.97. The first kappa shape index (κ1) is 12.5. The molecule has 1 aromatic heterocycles. The fraction of sp³-hybridized carbons (Fsp3) is 0.643. The van der Waals surface area contributed by atoms with Crippen molar-refractivity contribution in [2.75, 3.05) is 19.0 Å². The molecule has 2 fully saturated rings. The average molecular weight is 260 g/mol.